The van der Waals surface area contributed by atoms with Crippen LogP contribution in [0.5, 0.6) is 11.5 Å². The SMILES string of the molecule is COc1cc2sc(NC(=O)c3ccccc3OC)nc2cc1Cl. The second-order valence-corrected chi connectivity index (χ2v) is 6.07. The summed E-state index contributed by atoms with van der Waals surface area (Å²) in [4.78, 5) is 16.8. The maximum Gasteiger partial charge on any atom is 0.261 e. The van der Waals surface area contributed by atoms with Crippen LogP contribution in [0.25, 0.3) is 10.2 Å². The summed E-state index contributed by atoms with van der Waals surface area (Å²) in [6.45, 7) is 0. The normalized spacial score (nSPS) is 10.6. The van der Waals surface area contributed by atoms with Crippen molar-refractivity contribution in [2.45, 2.75) is 0 Å². The van der Waals surface area contributed by atoms with Gasteiger partial charge in [0.1, 0.15) is 11.5 Å². The Morgan fingerprint density at radius 1 is 1.17 bits per heavy atom. The zero-order valence-corrected chi connectivity index (χ0v) is 14.0. The number of nitrogens with zero attached hydrogens (tertiary/aromatic N) is 1. The van der Waals surface area contributed by atoms with Gasteiger partial charge >= 0.3 is 0 Å². The molecule has 0 fully saturated rings. The van der Waals surface area contributed by atoms with Gasteiger partial charge < -0.3 is 9.47 Å². The Labute approximate surface area is 141 Å². The van der Waals surface area contributed by atoms with Crippen LogP contribution in [0.2, 0.25) is 5.02 Å². The van der Waals surface area contributed by atoms with E-state index in [0.717, 1.165) is 4.70 Å². The minimum atomic E-state index is -0.278. The third-order valence-electron chi connectivity index (χ3n) is 3.23. The molecule has 0 aliphatic heterocycles. The van der Waals surface area contributed by atoms with Gasteiger partial charge in [0.2, 0.25) is 0 Å². The van der Waals surface area contributed by atoms with Crippen molar-refractivity contribution in [1.82, 2.24) is 4.98 Å². The zero-order chi connectivity index (χ0) is 16.4. The lowest BCUT2D eigenvalue weighted by molar-refractivity contribution is 0.102. The van der Waals surface area contributed by atoms with Gasteiger partial charge in [0.05, 0.1) is 35.0 Å². The predicted octanol–water partition coefficient (Wildman–Crippen LogP) is 4.22. The molecule has 0 aliphatic rings. The van der Waals surface area contributed by atoms with E-state index >= 15 is 0 Å². The van der Waals surface area contributed by atoms with Crippen LogP contribution in [-0.4, -0.2) is 25.1 Å². The number of hydrogen-bond donors (Lipinski definition) is 1. The third kappa shape index (κ3) is 3.09. The molecule has 0 unspecified atom stereocenters. The van der Waals surface area contributed by atoms with Gasteiger partial charge in [-0.3, -0.25) is 10.1 Å². The zero-order valence-electron chi connectivity index (χ0n) is 12.4. The summed E-state index contributed by atoms with van der Waals surface area (Å²) in [6.07, 6.45) is 0. The fourth-order valence-electron chi connectivity index (χ4n) is 2.14. The number of para-hydroxylation sites is 1. The van der Waals surface area contributed by atoms with Gasteiger partial charge in [0.25, 0.3) is 5.91 Å². The number of amides is 1. The lowest BCUT2D eigenvalue weighted by Crippen LogP contribution is -2.12. The van der Waals surface area contributed by atoms with Crippen LogP contribution < -0.4 is 14.8 Å². The van der Waals surface area contributed by atoms with Gasteiger partial charge in [0, 0.05) is 6.07 Å². The Bertz CT molecular complexity index is 879. The molecule has 118 valence electrons. The van der Waals surface area contributed by atoms with Crippen molar-refractivity contribution in [3.63, 3.8) is 0 Å². The van der Waals surface area contributed by atoms with E-state index in [0.29, 0.717) is 32.7 Å². The average molecular weight is 349 g/mol. The Balaban J connectivity index is 1.90. The molecule has 0 atom stereocenters. The Morgan fingerprint density at radius 3 is 2.65 bits per heavy atom. The number of ether oxygens (including phenoxy) is 2. The lowest BCUT2D eigenvalue weighted by Gasteiger charge is -2.06. The largest absolute Gasteiger partial charge is 0.496 e. The van der Waals surface area contributed by atoms with Gasteiger partial charge in [-0.05, 0) is 18.2 Å². The first-order chi connectivity index (χ1) is 11.1. The van der Waals surface area contributed by atoms with Crippen LogP contribution in [0, 0.1) is 0 Å². The number of hydrogen-bond acceptors (Lipinski definition) is 5. The molecule has 2 aromatic carbocycles. The number of thiazole rings is 1. The standard InChI is InChI=1S/C16H13ClN2O3S/c1-21-12-6-4-3-5-9(12)15(20)19-16-18-11-7-10(17)13(22-2)8-14(11)23-16/h3-8H,1-2H3,(H,18,19,20). The van der Waals surface area contributed by atoms with Crippen molar-refractivity contribution >= 4 is 44.2 Å². The lowest BCUT2D eigenvalue weighted by atomic mass is 10.2. The highest BCUT2D eigenvalue weighted by molar-refractivity contribution is 7.22. The van der Waals surface area contributed by atoms with Crippen molar-refractivity contribution < 1.29 is 14.3 Å². The number of rotatable bonds is 4. The molecule has 1 aromatic heterocycles. The quantitative estimate of drug-likeness (QED) is 0.766. The molecular formula is C16H13ClN2O3S. The molecule has 0 saturated carbocycles. The van der Waals surface area contributed by atoms with Crippen molar-refractivity contribution in [1.29, 1.82) is 0 Å². The van der Waals surface area contributed by atoms with Gasteiger partial charge in [-0.1, -0.05) is 35.1 Å². The summed E-state index contributed by atoms with van der Waals surface area (Å²) >= 11 is 7.44. The van der Waals surface area contributed by atoms with Crippen LogP contribution in [0.4, 0.5) is 5.13 Å². The summed E-state index contributed by atoms with van der Waals surface area (Å²) in [7, 11) is 3.08. The predicted molar refractivity (Wildman–Crippen MR) is 92.1 cm³/mol. The fourth-order valence-corrected chi connectivity index (χ4v) is 3.24. The minimum Gasteiger partial charge on any atom is -0.496 e. The van der Waals surface area contributed by atoms with Crippen LogP contribution in [-0.2, 0) is 0 Å². The van der Waals surface area contributed by atoms with E-state index in [2.05, 4.69) is 10.3 Å². The number of benzene rings is 2. The molecule has 1 amide bonds. The maximum atomic E-state index is 12.4. The van der Waals surface area contributed by atoms with Gasteiger partial charge in [0.15, 0.2) is 5.13 Å². The van der Waals surface area contributed by atoms with E-state index in [9.17, 15) is 4.79 Å². The summed E-state index contributed by atoms with van der Waals surface area (Å²) in [5, 5.41) is 3.75. The number of halogens is 1. The highest BCUT2D eigenvalue weighted by Gasteiger charge is 2.15. The van der Waals surface area contributed by atoms with Crippen molar-refractivity contribution in [3.8, 4) is 11.5 Å². The van der Waals surface area contributed by atoms with Gasteiger partial charge in [-0.25, -0.2) is 4.98 Å². The van der Waals surface area contributed by atoms with Crippen LogP contribution in [0.3, 0.4) is 0 Å². The molecule has 1 heterocycles. The second kappa shape index (κ2) is 6.44. The average Bonchev–Trinajstić information content (AvgIpc) is 2.94. The van der Waals surface area contributed by atoms with Crippen LogP contribution in [0.1, 0.15) is 10.4 Å². The number of fused-ring (bicyclic) bond motifs is 1. The van der Waals surface area contributed by atoms with Crippen molar-refractivity contribution in [3.05, 3.63) is 47.0 Å². The number of nitrogens with one attached hydrogen (secondary N) is 1. The Hall–Kier alpha value is -2.31. The summed E-state index contributed by atoms with van der Waals surface area (Å²) in [6, 6.07) is 10.5. The first kappa shape index (κ1) is 15.6. The van der Waals surface area contributed by atoms with Crippen LogP contribution >= 0.6 is 22.9 Å². The molecular weight excluding hydrogens is 336 g/mol. The summed E-state index contributed by atoms with van der Waals surface area (Å²) in [5.74, 6) is 0.806. The molecule has 0 aliphatic carbocycles. The molecule has 0 spiro atoms. The van der Waals surface area contributed by atoms with Gasteiger partial charge in [-0.15, -0.1) is 0 Å². The molecule has 0 radical (unpaired) electrons. The third-order valence-corrected chi connectivity index (χ3v) is 4.46. The smallest absolute Gasteiger partial charge is 0.261 e. The number of methoxy groups -OCH3 is 2. The van der Waals surface area contributed by atoms with Crippen molar-refractivity contribution in [2.24, 2.45) is 0 Å². The first-order valence-electron chi connectivity index (χ1n) is 6.71. The highest BCUT2D eigenvalue weighted by Crippen LogP contribution is 2.34. The van der Waals surface area contributed by atoms with E-state index in [1.54, 1.807) is 37.4 Å². The second-order valence-electron chi connectivity index (χ2n) is 4.63. The number of aromatic nitrogens is 1. The number of carbonyl (C=O) groups excluding carboxylic acids is 1. The monoisotopic (exact) mass is 348 g/mol. The van der Waals surface area contributed by atoms with Crippen molar-refractivity contribution in [2.75, 3.05) is 19.5 Å². The highest BCUT2D eigenvalue weighted by atomic mass is 35.5. The molecule has 0 saturated heterocycles. The molecule has 0 bridgehead atoms. The van der Waals surface area contributed by atoms with Crippen LogP contribution in [0.15, 0.2) is 36.4 Å². The van der Waals surface area contributed by atoms with E-state index in [-0.39, 0.29) is 5.91 Å². The van der Waals surface area contributed by atoms with E-state index in [1.165, 1.54) is 18.4 Å². The Kier molecular flexibility index (Phi) is 4.36. The molecule has 3 aromatic rings. The molecule has 5 nitrogen and oxygen atoms in total. The number of anilines is 1. The van der Waals surface area contributed by atoms with E-state index in [4.69, 9.17) is 21.1 Å². The maximum absolute atomic E-state index is 12.4. The number of carbonyl (C=O) groups is 1. The molecule has 7 heteroatoms. The fraction of sp³-hybridized carbons (Fsp3) is 0.125. The minimum absolute atomic E-state index is 0.278. The Morgan fingerprint density at radius 2 is 1.91 bits per heavy atom. The van der Waals surface area contributed by atoms with Gasteiger partial charge in [-0.2, -0.15) is 0 Å². The summed E-state index contributed by atoms with van der Waals surface area (Å²) < 4.78 is 11.3. The van der Waals surface area contributed by atoms with E-state index < -0.39 is 0 Å². The summed E-state index contributed by atoms with van der Waals surface area (Å²) in [5.41, 5.74) is 1.15. The molecule has 3 rings (SSSR count). The van der Waals surface area contributed by atoms with E-state index in [1.807, 2.05) is 6.07 Å². The topological polar surface area (TPSA) is 60.5 Å². The molecule has 1 N–H and O–H groups in total. The molecule has 23 heavy (non-hydrogen) atoms. The first-order valence-corrected chi connectivity index (χ1v) is 7.90.